The van der Waals surface area contributed by atoms with E-state index in [1.807, 2.05) is 0 Å². The average Bonchev–Trinajstić information content (AvgIpc) is 3.28. The summed E-state index contributed by atoms with van der Waals surface area (Å²) in [5.41, 5.74) is 0.767. The van der Waals surface area contributed by atoms with Gasteiger partial charge in [0, 0.05) is 44.7 Å². The predicted molar refractivity (Wildman–Crippen MR) is 103 cm³/mol. The van der Waals surface area contributed by atoms with E-state index in [0.717, 1.165) is 5.56 Å². The van der Waals surface area contributed by atoms with Crippen molar-refractivity contribution in [1.82, 2.24) is 19.2 Å². The number of alkyl halides is 3. The lowest BCUT2D eigenvalue weighted by molar-refractivity contribution is -0.135. The molecule has 0 bridgehead atoms. The summed E-state index contributed by atoms with van der Waals surface area (Å²) in [6.45, 7) is 0.654. The van der Waals surface area contributed by atoms with E-state index in [1.165, 1.54) is 33.5 Å². The topological polar surface area (TPSA) is 67.2 Å². The highest BCUT2D eigenvalue weighted by molar-refractivity contribution is 7.89. The van der Waals surface area contributed by atoms with Gasteiger partial charge in [0.2, 0.25) is 0 Å². The molecule has 1 aliphatic rings. The summed E-state index contributed by atoms with van der Waals surface area (Å²) in [5, 5.41) is 3.14. The van der Waals surface area contributed by atoms with Crippen molar-refractivity contribution in [2.75, 3.05) is 19.6 Å². The molecular weight excluding hydrogens is 424 g/mol. The summed E-state index contributed by atoms with van der Waals surface area (Å²) in [5.74, 6) is -0.655. The monoisotopic (exact) mass is 448 g/mol. The maximum absolute atomic E-state index is 13.3. The van der Waals surface area contributed by atoms with E-state index in [1.54, 1.807) is 19.2 Å². The Labute approximate surface area is 173 Å². The van der Waals surface area contributed by atoms with Crippen LogP contribution in [0.5, 0.6) is 0 Å². The molecule has 2 heterocycles. The highest BCUT2D eigenvalue weighted by Crippen LogP contribution is 2.31. The molecule has 2 atom stereocenters. The lowest BCUT2D eigenvalue weighted by Crippen LogP contribution is -2.37. The highest BCUT2D eigenvalue weighted by Gasteiger charge is 2.40. The van der Waals surface area contributed by atoms with Gasteiger partial charge in [-0.2, -0.15) is 17.5 Å². The first-order chi connectivity index (χ1) is 14.1. The van der Waals surface area contributed by atoms with Gasteiger partial charge in [-0.05, 0) is 37.1 Å². The number of unbranched alkanes of at least 4 members (excludes halogenated alkanes) is 1. The van der Waals surface area contributed by atoms with Crippen molar-refractivity contribution in [1.29, 1.82) is 0 Å². The Morgan fingerprint density at radius 1 is 1.17 bits per heavy atom. The summed E-state index contributed by atoms with van der Waals surface area (Å²) in [6, 6.07) is 5.53. The molecule has 6 nitrogen and oxygen atoms in total. The second kappa shape index (κ2) is 9.03. The summed E-state index contributed by atoms with van der Waals surface area (Å²) in [4.78, 5) is 3.93. The van der Waals surface area contributed by atoms with Crippen molar-refractivity contribution in [2.24, 2.45) is 7.05 Å². The number of aryl methyl sites for hydroxylation is 1. The molecule has 1 aliphatic heterocycles. The Hall–Kier alpha value is -1.98. The third kappa shape index (κ3) is 5.58. The number of rotatable bonds is 8. The molecule has 0 spiro atoms. The molecule has 11 heteroatoms. The van der Waals surface area contributed by atoms with Crippen LogP contribution in [0.3, 0.4) is 0 Å². The second-order valence-electron chi connectivity index (χ2n) is 7.49. The van der Waals surface area contributed by atoms with Crippen LogP contribution in [0, 0.1) is 5.82 Å². The predicted octanol–water partition coefficient (Wildman–Crippen LogP) is 3.04. The zero-order valence-corrected chi connectivity index (χ0v) is 17.3. The Bertz CT molecular complexity index is 944. The molecule has 166 valence electrons. The Balaban J connectivity index is 1.72. The molecule has 0 unspecified atom stereocenters. The van der Waals surface area contributed by atoms with Crippen molar-refractivity contribution in [2.45, 2.75) is 42.4 Å². The fourth-order valence-corrected chi connectivity index (χ4v) is 5.07. The molecule has 1 N–H and O–H groups in total. The molecule has 30 heavy (non-hydrogen) atoms. The Kier molecular flexibility index (Phi) is 6.83. The van der Waals surface area contributed by atoms with E-state index in [0.29, 0.717) is 13.0 Å². The van der Waals surface area contributed by atoms with Crippen LogP contribution in [0.1, 0.15) is 30.7 Å². The molecule has 0 radical (unpaired) electrons. The molecule has 0 saturated carbocycles. The Morgan fingerprint density at radius 2 is 1.87 bits per heavy atom. The van der Waals surface area contributed by atoms with E-state index in [-0.39, 0.29) is 36.5 Å². The third-order valence-electron chi connectivity index (χ3n) is 5.16. The van der Waals surface area contributed by atoms with Gasteiger partial charge < -0.3 is 9.88 Å². The number of benzene rings is 1. The average molecular weight is 448 g/mol. The third-order valence-corrected chi connectivity index (χ3v) is 6.88. The van der Waals surface area contributed by atoms with Gasteiger partial charge in [0.05, 0.1) is 6.33 Å². The minimum Gasteiger partial charge on any atom is -0.339 e. The van der Waals surface area contributed by atoms with Crippen molar-refractivity contribution in [3.8, 4) is 0 Å². The number of hydrogen-bond donors (Lipinski definition) is 1. The first-order valence-electron chi connectivity index (χ1n) is 9.60. The van der Waals surface area contributed by atoms with E-state index >= 15 is 0 Å². The van der Waals surface area contributed by atoms with Gasteiger partial charge in [-0.3, -0.25) is 0 Å². The van der Waals surface area contributed by atoms with E-state index in [4.69, 9.17) is 0 Å². The zero-order chi connectivity index (χ0) is 21.9. The SMILES string of the molecule is Cn1cnc(S(=O)(=O)N2C[C@H](NCCCCC(F)(F)F)[C@@H](c3ccc(F)cc3)C2)c1. The van der Waals surface area contributed by atoms with E-state index < -0.39 is 28.4 Å². The number of aromatic nitrogens is 2. The summed E-state index contributed by atoms with van der Waals surface area (Å²) >= 11 is 0. The number of sulfonamides is 1. The Morgan fingerprint density at radius 3 is 2.47 bits per heavy atom. The number of halogens is 4. The van der Waals surface area contributed by atoms with Crippen LogP contribution in [-0.2, 0) is 17.1 Å². The van der Waals surface area contributed by atoms with Crippen LogP contribution >= 0.6 is 0 Å². The first kappa shape index (κ1) is 22.7. The second-order valence-corrected chi connectivity index (χ2v) is 9.38. The first-order valence-corrected chi connectivity index (χ1v) is 11.0. The molecule has 0 amide bonds. The normalized spacial score (nSPS) is 20.7. The van der Waals surface area contributed by atoms with Crippen LogP contribution in [0.15, 0.2) is 41.8 Å². The molecule has 1 saturated heterocycles. The quantitative estimate of drug-likeness (QED) is 0.498. The lowest BCUT2D eigenvalue weighted by Gasteiger charge is -2.20. The summed E-state index contributed by atoms with van der Waals surface area (Å²) in [7, 11) is -2.15. The fourth-order valence-electron chi connectivity index (χ4n) is 3.61. The van der Waals surface area contributed by atoms with Crippen LogP contribution in [0.25, 0.3) is 0 Å². The number of imidazole rings is 1. The minimum atomic E-state index is -4.18. The number of hydrogen-bond acceptors (Lipinski definition) is 4. The van der Waals surface area contributed by atoms with Gasteiger partial charge >= 0.3 is 6.18 Å². The highest BCUT2D eigenvalue weighted by atomic mass is 32.2. The van der Waals surface area contributed by atoms with Gasteiger partial charge in [0.15, 0.2) is 5.03 Å². The van der Waals surface area contributed by atoms with Crippen LogP contribution < -0.4 is 5.32 Å². The van der Waals surface area contributed by atoms with Crippen molar-refractivity contribution < 1.29 is 26.0 Å². The van der Waals surface area contributed by atoms with Gasteiger partial charge in [-0.15, -0.1) is 0 Å². The molecular formula is C19H24F4N4O2S. The standard InChI is InChI=1S/C19H24F4N4O2S/c1-26-12-18(25-13-26)30(28,29)27-10-16(14-4-6-15(20)7-5-14)17(11-27)24-9-3-2-8-19(21,22)23/h4-7,12-13,16-17,24H,2-3,8-11H2,1H3/t16-,17+/m1/s1. The van der Waals surface area contributed by atoms with Gasteiger partial charge in [0.25, 0.3) is 10.0 Å². The number of nitrogens with one attached hydrogen (secondary N) is 1. The fraction of sp³-hybridized carbons (Fsp3) is 0.526. The molecule has 1 aromatic heterocycles. The van der Waals surface area contributed by atoms with Crippen molar-refractivity contribution in [3.63, 3.8) is 0 Å². The van der Waals surface area contributed by atoms with Gasteiger partial charge in [-0.25, -0.2) is 17.8 Å². The smallest absolute Gasteiger partial charge is 0.339 e. The zero-order valence-electron chi connectivity index (χ0n) is 16.4. The minimum absolute atomic E-state index is 0.000380. The van der Waals surface area contributed by atoms with E-state index in [2.05, 4.69) is 10.3 Å². The summed E-state index contributed by atoms with van der Waals surface area (Å²) < 4.78 is 79.0. The van der Waals surface area contributed by atoms with Crippen molar-refractivity contribution >= 4 is 10.0 Å². The number of nitrogens with zero attached hydrogens (tertiary/aromatic N) is 3. The van der Waals surface area contributed by atoms with Crippen LogP contribution in [-0.4, -0.2) is 54.1 Å². The lowest BCUT2D eigenvalue weighted by atomic mass is 9.94. The van der Waals surface area contributed by atoms with Crippen LogP contribution in [0.2, 0.25) is 0 Å². The van der Waals surface area contributed by atoms with Crippen molar-refractivity contribution in [3.05, 3.63) is 48.2 Å². The maximum Gasteiger partial charge on any atom is 0.389 e. The van der Waals surface area contributed by atoms with Crippen LogP contribution in [0.4, 0.5) is 17.6 Å². The molecule has 1 aromatic carbocycles. The molecule has 0 aliphatic carbocycles. The van der Waals surface area contributed by atoms with Gasteiger partial charge in [0.1, 0.15) is 5.82 Å². The maximum atomic E-state index is 13.3. The largest absolute Gasteiger partial charge is 0.389 e. The molecule has 2 aromatic rings. The van der Waals surface area contributed by atoms with E-state index in [9.17, 15) is 26.0 Å². The molecule has 3 rings (SSSR count). The van der Waals surface area contributed by atoms with Gasteiger partial charge in [-0.1, -0.05) is 12.1 Å². The molecule has 1 fully saturated rings. The summed E-state index contributed by atoms with van der Waals surface area (Å²) in [6.07, 6.45) is -1.89.